The number of amides is 4. The van der Waals surface area contributed by atoms with Gasteiger partial charge in [0.1, 0.15) is 17.9 Å². The number of rotatable bonds is 9. The van der Waals surface area contributed by atoms with E-state index in [1.807, 2.05) is 17.3 Å². The van der Waals surface area contributed by atoms with Gasteiger partial charge < -0.3 is 34.9 Å². The standard InChI is InChI=1S/C43H47N7O6/c1-24(46-42(53)55-3)40(51)49-17-5-6-37(49)39-45-23-36(48-39)27-9-7-26(8-10-27)28-11-12-30-19-31(14-13-29(30)18-28)33-21-35(44-22-33)38-32-15-16-34(20-32)50(38)41(52)25(2)47-43(54)56-4/h7-14,18-19,22-25,32,34,37-38H,5-6,15-17,20-21H2,1-4H3,(H,45,48)(H,46,53)(H,47,54)/t24-,25-,32-,34+,37-,38-/m0/s1. The number of hydrogen-bond donors (Lipinski definition) is 3. The van der Waals surface area contributed by atoms with Crippen molar-refractivity contribution < 1.29 is 28.7 Å². The molecule has 2 saturated heterocycles. The van der Waals surface area contributed by atoms with E-state index in [2.05, 4.69) is 86.0 Å². The molecule has 3 aromatic carbocycles. The van der Waals surface area contributed by atoms with Crippen LogP contribution in [-0.2, 0) is 19.1 Å². The topological polar surface area (TPSA) is 158 Å². The van der Waals surface area contributed by atoms with Gasteiger partial charge in [0.2, 0.25) is 11.8 Å². The number of imidazole rings is 1. The number of fused-ring (bicyclic) bond motifs is 3. The van der Waals surface area contributed by atoms with Crippen molar-refractivity contribution in [2.75, 3.05) is 20.8 Å². The minimum atomic E-state index is -0.702. The highest BCUT2D eigenvalue weighted by Gasteiger charge is 2.51. The number of alkyl carbamates (subject to hydrolysis) is 2. The van der Waals surface area contributed by atoms with Crippen molar-refractivity contribution >= 4 is 46.1 Å². The highest BCUT2D eigenvalue weighted by Crippen LogP contribution is 2.45. The van der Waals surface area contributed by atoms with Gasteiger partial charge in [-0.2, -0.15) is 0 Å². The van der Waals surface area contributed by atoms with Crippen LogP contribution in [0.3, 0.4) is 0 Å². The normalized spacial score (nSPS) is 22.4. The number of nitrogens with one attached hydrogen (secondary N) is 3. The van der Waals surface area contributed by atoms with Gasteiger partial charge in [0, 0.05) is 30.9 Å². The molecule has 1 saturated carbocycles. The van der Waals surface area contributed by atoms with Gasteiger partial charge in [-0.05, 0) is 103 Å². The quantitative estimate of drug-likeness (QED) is 0.173. The number of carbonyl (C=O) groups excluding carboxylic acids is 4. The van der Waals surface area contributed by atoms with Crippen LogP contribution in [0.15, 0.2) is 78.1 Å². The minimum Gasteiger partial charge on any atom is -0.453 e. The number of allylic oxidation sites excluding steroid dienone is 1. The fourth-order valence-electron chi connectivity index (χ4n) is 9.04. The molecule has 3 aliphatic heterocycles. The molecule has 13 nitrogen and oxygen atoms in total. The molecule has 0 unspecified atom stereocenters. The summed E-state index contributed by atoms with van der Waals surface area (Å²) in [6.45, 7) is 3.97. The average molecular weight is 758 g/mol. The van der Waals surface area contributed by atoms with Crippen LogP contribution in [0.2, 0.25) is 0 Å². The van der Waals surface area contributed by atoms with Crippen LogP contribution in [0.5, 0.6) is 0 Å². The van der Waals surface area contributed by atoms with Crippen LogP contribution in [0.25, 0.3) is 38.7 Å². The molecular weight excluding hydrogens is 711 g/mol. The van der Waals surface area contributed by atoms with Crippen molar-refractivity contribution in [3.63, 3.8) is 0 Å². The van der Waals surface area contributed by atoms with Gasteiger partial charge >= 0.3 is 12.2 Å². The fourth-order valence-corrected chi connectivity index (χ4v) is 9.04. The van der Waals surface area contributed by atoms with Crippen molar-refractivity contribution in [1.29, 1.82) is 0 Å². The molecule has 4 heterocycles. The van der Waals surface area contributed by atoms with Gasteiger partial charge in [0.05, 0.1) is 38.2 Å². The Morgan fingerprint density at radius 3 is 2.16 bits per heavy atom. The number of carbonyl (C=O) groups is 4. The summed E-state index contributed by atoms with van der Waals surface area (Å²) in [7, 11) is 2.57. The van der Waals surface area contributed by atoms with Crippen molar-refractivity contribution in [2.45, 2.75) is 82.6 Å². The summed E-state index contributed by atoms with van der Waals surface area (Å²) in [6, 6.07) is 19.9. The molecule has 4 amide bonds. The lowest BCUT2D eigenvalue weighted by Crippen LogP contribution is -2.55. The summed E-state index contributed by atoms with van der Waals surface area (Å²) in [5, 5.41) is 7.48. The summed E-state index contributed by atoms with van der Waals surface area (Å²) in [5.41, 5.74) is 7.34. The lowest BCUT2D eigenvalue weighted by Gasteiger charge is -2.37. The summed E-state index contributed by atoms with van der Waals surface area (Å²) in [5.74, 6) is 0.863. The van der Waals surface area contributed by atoms with Crippen molar-refractivity contribution in [2.24, 2.45) is 10.9 Å². The Morgan fingerprint density at radius 1 is 0.804 bits per heavy atom. The molecule has 3 fully saturated rings. The van der Waals surface area contributed by atoms with E-state index in [-0.39, 0.29) is 29.9 Å². The molecule has 56 heavy (non-hydrogen) atoms. The van der Waals surface area contributed by atoms with Crippen molar-refractivity contribution in [3.8, 4) is 22.4 Å². The second-order valence-corrected chi connectivity index (χ2v) is 15.3. The maximum Gasteiger partial charge on any atom is 0.407 e. The van der Waals surface area contributed by atoms with E-state index in [4.69, 9.17) is 9.73 Å². The summed E-state index contributed by atoms with van der Waals surface area (Å²) >= 11 is 0. The fraction of sp³-hybridized carbons (Fsp3) is 0.395. The van der Waals surface area contributed by atoms with E-state index in [0.717, 1.165) is 87.9 Å². The molecule has 4 aromatic rings. The number of methoxy groups -OCH3 is 2. The first-order valence-electron chi connectivity index (χ1n) is 19.4. The number of piperidine rings is 1. The zero-order valence-electron chi connectivity index (χ0n) is 32.1. The number of aromatic amines is 1. The Balaban J connectivity index is 0.919. The smallest absolute Gasteiger partial charge is 0.407 e. The zero-order valence-corrected chi connectivity index (χ0v) is 32.1. The van der Waals surface area contributed by atoms with Gasteiger partial charge in [0.25, 0.3) is 0 Å². The first-order valence-corrected chi connectivity index (χ1v) is 19.4. The van der Waals surface area contributed by atoms with Crippen LogP contribution in [0, 0.1) is 5.92 Å². The Labute approximate surface area is 325 Å². The van der Waals surface area contributed by atoms with E-state index in [1.54, 1.807) is 18.7 Å². The first kappa shape index (κ1) is 37.0. The highest BCUT2D eigenvalue weighted by molar-refractivity contribution is 6.05. The lowest BCUT2D eigenvalue weighted by molar-refractivity contribution is -0.136. The van der Waals surface area contributed by atoms with Gasteiger partial charge in [-0.3, -0.25) is 14.6 Å². The number of likely N-dealkylation sites (tertiary alicyclic amines) is 2. The van der Waals surface area contributed by atoms with Gasteiger partial charge in [-0.1, -0.05) is 48.5 Å². The van der Waals surface area contributed by atoms with Crippen LogP contribution < -0.4 is 10.6 Å². The molecule has 6 atom stereocenters. The highest BCUT2D eigenvalue weighted by atomic mass is 16.5. The van der Waals surface area contributed by atoms with Gasteiger partial charge in [-0.15, -0.1) is 0 Å². The molecule has 13 heteroatoms. The third-order valence-electron chi connectivity index (χ3n) is 11.9. The predicted octanol–water partition coefficient (Wildman–Crippen LogP) is 6.61. The van der Waals surface area contributed by atoms with Crippen molar-refractivity contribution in [1.82, 2.24) is 30.4 Å². The molecule has 1 aromatic heterocycles. The lowest BCUT2D eigenvalue weighted by atomic mass is 9.90. The van der Waals surface area contributed by atoms with Crippen LogP contribution in [0.1, 0.15) is 69.8 Å². The number of ether oxygens (including phenoxy) is 2. The summed E-state index contributed by atoms with van der Waals surface area (Å²) in [6.07, 6.45) is 7.89. The SMILES string of the molecule is COC(=O)N[C@@H](C)C(=O)N1CCC[C@H]1c1ncc(-c2ccc(-c3ccc4cc(C5=CN=C([C@@H]6[C@H]7CC[C@H](C7)N6C(=O)[C@H](C)NC(=O)OC)C5)ccc4c3)cc2)[nH]1. The Kier molecular flexibility index (Phi) is 10.1. The monoisotopic (exact) mass is 757 g/mol. The van der Waals surface area contributed by atoms with E-state index in [1.165, 1.54) is 14.2 Å². The molecule has 290 valence electrons. The number of hydrogen-bond acceptors (Lipinski definition) is 8. The van der Waals surface area contributed by atoms with Gasteiger partial charge in [-0.25, -0.2) is 14.6 Å². The second-order valence-electron chi connectivity index (χ2n) is 15.3. The second kappa shape index (κ2) is 15.3. The van der Waals surface area contributed by atoms with Crippen molar-refractivity contribution in [3.05, 3.63) is 84.4 Å². The van der Waals surface area contributed by atoms with Crippen LogP contribution in [0.4, 0.5) is 9.59 Å². The number of aromatic nitrogens is 2. The minimum absolute atomic E-state index is 0.0537. The number of H-pyrrole nitrogens is 1. The van der Waals surface area contributed by atoms with E-state index in [9.17, 15) is 19.2 Å². The molecule has 0 spiro atoms. The summed E-state index contributed by atoms with van der Waals surface area (Å²) < 4.78 is 9.38. The summed E-state index contributed by atoms with van der Waals surface area (Å²) in [4.78, 5) is 66.9. The molecule has 1 aliphatic carbocycles. The zero-order chi connectivity index (χ0) is 39.1. The van der Waals surface area contributed by atoms with E-state index in [0.29, 0.717) is 18.9 Å². The Bertz CT molecular complexity index is 2250. The third kappa shape index (κ3) is 7.02. The maximum absolute atomic E-state index is 13.5. The molecular formula is C43H47N7O6. The molecule has 2 bridgehead atoms. The maximum atomic E-state index is 13.5. The van der Waals surface area contributed by atoms with Gasteiger partial charge in [0.15, 0.2) is 0 Å². The van der Waals surface area contributed by atoms with Crippen LogP contribution in [-0.4, -0.2) is 94.4 Å². The number of nitrogens with zero attached hydrogens (tertiary/aromatic N) is 4. The largest absolute Gasteiger partial charge is 0.453 e. The van der Waals surface area contributed by atoms with E-state index >= 15 is 0 Å². The average Bonchev–Trinajstić information content (AvgIpc) is 4.08. The third-order valence-corrected chi connectivity index (χ3v) is 11.9. The molecule has 3 N–H and O–H groups in total. The molecule has 4 aliphatic rings. The Morgan fingerprint density at radius 2 is 1.45 bits per heavy atom. The van der Waals surface area contributed by atoms with E-state index < -0.39 is 24.3 Å². The Hall–Kier alpha value is -5.98. The predicted molar refractivity (Wildman–Crippen MR) is 212 cm³/mol. The number of benzene rings is 3. The molecule has 0 radical (unpaired) electrons. The van der Waals surface area contributed by atoms with Crippen LogP contribution >= 0.6 is 0 Å². The first-order chi connectivity index (χ1) is 27.1. The molecule has 8 rings (SSSR count). The number of aliphatic imine (C=N–C) groups is 1.